The van der Waals surface area contributed by atoms with Crippen molar-refractivity contribution in [3.05, 3.63) is 76.6 Å². The maximum atomic E-state index is 13.1. The molecule has 0 saturated carbocycles. The highest BCUT2D eigenvalue weighted by atomic mass is 16.5. The van der Waals surface area contributed by atoms with E-state index < -0.39 is 0 Å². The molecule has 5 rings (SSSR count). The van der Waals surface area contributed by atoms with Crippen molar-refractivity contribution in [2.24, 2.45) is 5.92 Å². The lowest BCUT2D eigenvalue weighted by molar-refractivity contribution is 0.0594. The number of piperidine rings is 1. The largest absolute Gasteiger partial charge is 0.481 e. The molecule has 2 atom stereocenters. The van der Waals surface area contributed by atoms with Crippen LogP contribution in [0.25, 0.3) is 11.1 Å². The predicted molar refractivity (Wildman–Crippen MR) is 111 cm³/mol. The predicted octanol–water partition coefficient (Wildman–Crippen LogP) is 2.57. The number of carbonyl (C=O) groups excluding carboxylic acids is 1. The van der Waals surface area contributed by atoms with E-state index in [2.05, 4.69) is 16.0 Å². The molecule has 0 unspecified atom stereocenters. The Morgan fingerprint density at radius 3 is 2.80 bits per heavy atom. The minimum absolute atomic E-state index is 0.0136. The van der Waals surface area contributed by atoms with E-state index in [1.165, 1.54) is 7.11 Å². The molecule has 7 nitrogen and oxygen atoms in total. The molecule has 3 aromatic heterocycles. The molecule has 0 aliphatic carbocycles. The monoisotopic (exact) mass is 402 g/mol. The van der Waals surface area contributed by atoms with E-state index in [-0.39, 0.29) is 23.3 Å². The van der Waals surface area contributed by atoms with Crippen LogP contribution in [0.2, 0.25) is 0 Å². The van der Waals surface area contributed by atoms with Crippen molar-refractivity contribution in [2.45, 2.75) is 18.9 Å². The molecule has 7 heteroatoms. The zero-order valence-electron chi connectivity index (χ0n) is 16.7. The van der Waals surface area contributed by atoms with Gasteiger partial charge in [0.15, 0.2) is 0 Å². The topological polar surface area (TPSA) is 77.3 Å². The van der Waals surface area contributed by atoms with Gasteiger partial charge in [0.05, 0.1) is 7.11 Å². The fraction of sp³-hybridized carbons (Fsp3) is 0.304. The van der Waals surface area contributed by atoms with Crippen LogP contribution in [0, 0.1) is 5.92 Å². The van der Waals surface area contributed by atoms with Crippen LogP contribution in [-0.4, -0.2) is 45.5 Å². The van der Waals surface area contributed by atoms with Crippen molar-refractivity contribution in [1.82, 2.24) is 19.4 Å². The van der Waals surface area contributed by atoms with Crippen LogP contribution in [-0.2, 0) is 6.54 Å². The van der Waals surface area contributed by atoms with Crippen molar-refractivity contribution >= 4 is 5.91 Å². The summed E-state index contributed by atoms with van der Waals surface area (Å²) in [4.78, 5) is 36.1. The molecule has 1 saturated heterocycles. The highest BCUT2D eigenvalue weighted by Gasteiger charge is 2.37. The number of likely N-dealkylation sites (tertiary alicyclic amines) is 1. The Kier molecular flexibility index (Phi) is 4.58. The molecule has 2 bridgehead atoms. The third kappa shape index (κ3) is 3.26. The Labute approximate surface area is 174 Å². The van der Waals surface area contributed by atoms with Crippen molar-refractivity contribution in [3.8, 4) is 17.0 Å². The van der Waals surface area contributed by atoms with Crippen molar-refractivity contribution in [2.75, 3.05) is 20.2 Å². The number of aromatic nitrogens is 3. The number of nitrogens with zero attached hydrogens (tertiary/aromatic N) is 4. The molecule has 3 aromatic rings. The molecule has 0 spiro atoms. The second-order valence-corrected chi connectivity index (χ2v) is 7.96. The summed E-state index contributed by atoms with van der Waals surface area (Å²) >= 11 is 0. The molecule has 2 aliphatic rings. The standard InChI is InChI=1S/C23H22N4O3/c1-30-21-9-16(4-6-25-21)23(29)26-12-15-7-19(14-26)20-8-18(10-22(28)27(20)13-15)17-3-2-5-24-11-17/h2-6,8-11,15,19H,7,12-14H2,1H3/t15-,19+/m0/s1. The summed E-state index contributed by atoms with van der Waals surface area (Å²) in [7, 11) is 1.54. The van der Waals surface area contributed by atoms with Crippen molar-refractivity contribution in [3.63, 3.8) is 0 Å². The first-order valence-corrected chi connectivity index (χ1v) is 10.1. The number of hydrogen-bond donors (Lipinski definition) is 0. The van der Waals surface area contributed by atoms with E-state index in [9.17, 15) is 9.59 Å². The number of pyridine rings is 3. The average Bonchev–Trinajstić information content (AvgIpc) is 2.79. The van der Waals surface area contributed by atoms with Crippen molar-refractivity contribution in [1.29, 1.82) is 0 Å². The number of ether oxygens (including phenoxy) is 1. The number of methoxy groups -OCH3 is 1. The van der Waals surface area contributed by atoms with Gasteiger partial charge in [0.2, 0.25) is 5.88 Å². The van der Waals surface area contributed by atoms with E-state index in [0.717, 1.165) is 23.2 Å². The minimum Gasteiger partial charge on any atom is -0.481 e. The SMILES string of the molecule is COc1cc(C(=O)N2C[C@@H]3C[C@H](C2)c2cc(-c4cccnc4)cc(=O)n2C3)ccn1. The number of amides is 1. The maximum Gasteiger partial charge on any atom is 0.254 e. The highest BCUT2D eigenvalue weighted by molar-refractivity contribution is 5.94. The average molecular weight is 402 g/mol. The normalized spacial score (nSPS) is 19.8. The number of rotatable bonds is 3. The summed E-state index contributed by atoms with van der Waals surface area (Å²) in [6.07, 6.45) is 6.06. The van der Waals surface area contributed by atoms with Gasteiger partial charge in [-0.15, -0.1) is 0 Å². The van der Waals surface area contributed by atoms with E-state index in [4.69, 9.17) is 4.74 Å². The van der Waals surface area contributed by atoms with Crippen LogP contribution in [0.15, 0.2) is 59.8 Å². The van der Waals surface area contributed by atoms with Gasteiger partial charge < -0.3 is 14.2 Å². The molecule has 0 radical (unpaired) electrons. The first-order valence-electron chi connectivity index (χ1n) is 10.1. The van der Waals surface area contributed by atoms with Gasteiger partial charge in [0.1, 0.15) is 0 Å². The number of carbonyl (C=O) groups is 1. The Morgan fingerprint density at radius 2 is 2.00 bits per heavy atom. The van der Waals surface area contributed by atoms with Crippen LogP contribution in [0.4, 0.5) is 0 Å². The van der Waals surface area contributed by atoms with Gasteiger partial charge in [-0.25, -0.2) is 4.98 Å². The van der Waals surface area contributed by atoms with E-state index in [1.54, 1.807) is 36.8 Å². The maximum absolute atomic E-state index is 13.1. The van der Waals surface area contributed by atoms with Crippen LogP contribution in [0.3, 0.4) is 0 Å². The third-order valence-corrected chi connectivity index (χ3v) is 6.03. The molecular weight excluding hydrogens is 380 g/mol. The molecule has 2 aliphatic heterocycles. The van der Waals surface area contributed by atoms with Gasteiger partial charge in [0, 0.05) is 73.1 Å². The zero-order chi connectivity index (χ0) is 20.7. The fourth-order valence-corrected chi connectivity index (χ4v) is 4.66. The van der Waals surface area contributed by atoms with Crippen molar-refractivity contribution < 1.29 is 9.53 Å². The molecule has 1 fully saturated rings. The van der Waals surface area contributed by atoms with Gasteiger partial charge >= 0.3 is 0 Å². The zero-order valence-corrected chi connectivity index (χ0v) is 16.7. The van der Waals surface area contributed by atoms with E-state index in [0.29, 0.717) is 31.1 Å². The molecule has 5 heterocycles. The summed E-state index contributed by atoms with van der Waals surface area (Å²) in [5, 5.41) is 0. The fourth-order valence-electron chi connectivity index (χ4n) is 4.66. The first-order chi connectivity index (χ1) is 14.6. The molecule has 0 aromatic carbocycles. The summed E-state index contributed by atoms with van der Waals surface area (Å²) in [5.74, 6) is 0.807. The summed E-state index contributed by atoms with van der Waals surface area (Å²) < 4.78 is 7.04. The summed E-state index contributed by atoms with van der Waals surface area (Å²) in [6.45, 7) is 1.88. The summed E-state index contributed by atoms with van der Waals surface area (Å²) in [6, 6.07) is 11.0. The second-order valence-electron chi connectivity index (χ2n) is 7.96. The lowest BCUT2D eigenvalue weighted by Gasteiger charge is -2.43. The van der Waals surface area contributed by atoms with Gasteiger partial charge in [-0.3, -0.25) is 14.6 Å². The lowest BCUT2D eigenvalue weighted by atomic mass is 9.82. The lowest BCUT2D eigenvalue weighted by Crippen LogP contribution is -2.49. The molecule has 152 valence electrons. The molecule has 30 heavy (non-hydrogen) atoms. The van der Waals surface area contributed by atoms with E-state index >= 15 is 0 Å². The Bertz CT molecular complexity index is 1160. The smallest absolute Gasteiger partial charge is 0.254 e. The minimum atomic E-state index is -0.0235. The van der Waals surface area contributed by atoms with E-state index in [1.807, 2.05) is 21.6 Å². The Balaban J connectivity index is 1.47. The highest BCUT2D eigenvalue weighted by Crippen LogP contribution is 2.37. The van der Waals surface area contributed by atoms with Gasteiger partial charge in [0.25, 0.3) is 11.5 Å². The molecular formula is C23H22N4O3. The van der Waals surface area contributed by atoms with Crippen LogP contribution in [0.5, 0.6) is 5.88 Å². The van der Waals surface area contributed by atoms with Gasteiger partial charge in [-0.05, 0) is 36.1 Å². The second kappa shape index (κ2) is 7.40. The van der Waals surface area contributed by atoms with Gasteiger partial charge in [-0.1, -0.05) is 6.07 Å². The quantitative estimate of drug-likeness (QED) is 0.673. The van der Waals surface area contributed by atoms with Gasteiger partial charge in [-0.2, -0.15) is 0 Å². The third-order valence-electron chi connectivity index (χ3n) is 6.03. The summed E-state index contributed by atoms with van der Waals surface area (Å²) in [5.41, 5.74) is 3.39. The Morgan fingerprint density at radius 1 is 1.10 bits per heavy atom. The molecule has 0 N–H and O–H groups in total. The Hall–Kier alpha value is -3.48. The molecule has 1 amide bonds. The van der Waals surface area contributed by atoms with Crippen LogP contribution in [0.1, 0.15) is 28.4 Å². The van der Waals surface area contributed by atoms with Crippen LogP contribution >= 0.6 is 0 Å². The first kappa shape index (κ1) is 18.5. The number of hydrogen-bond acceptors (Lipinski definition) is 5. The van der Waals surface area contributed by atoms with Crippen LogP contribution < -0.4 is 10.3 Å². The number of fused-ring (bicyclic) bond motifs is 4.